The largest absolute Gasteiger partial charge is 0.481 e. The molecule has 14 heavy (non-hydrogen) atoms. The summed E-state index contributed by atoms with van der Waals surface area (Å²) in [4.78, 5) is 3.98. The van der Waals surface area contributed by atoms with Gasteiger partial charge in [-0.15, -0.1) is 0 Å². The molecular weight excluding hydrogens is 180 g/mol. The maximum absolute atomic E-state index is 9.34. The van der Waals surface area contributed by atoms with Crippen LogP contribution in [0.1, 0.15) is 13.3 Å². The maximum Gasteiger partial charge on any atom is 0.214 e. The van der Waals surface area contributed by atoms with E-state index in [-0.39, 0.29) is 6.10 Å². The first-order chi connectivity index (χ1) is 6.76. The Balaban J connectivity index is 2.50. The number of ether oxygens (including phenoxy) is 1. The summed E-state index contributed by atoms with van der Waals surface area (Å²) in [6, 6.07) is 3.63. The third kappa shape index (κ3) is 3.22. The summed E-state index contributed by atoms with van der Waals surface area (Å²) in [6.07, 6.45) is 2.10. The number of rotatable bonds is 5. The highest BCUT2D eigenvalue weighted by Gasteiger charge is 2.00. The number of hydrogen-bond donors (Lipinski definition) is 2. The third-order valence-corrected chi connectivity index (χ3v) is 1.96. The fourth-order valence-corrected chi connectivity index (χ4v) is 1.01. The molecule has 0 aliphatic heterocycles. The van der Waals surface area contributed by atoms with Crippen LogP contribution < -0.4 is 10.1 Å². The predicted octanol–water partition coefficient (Wildman–Crippen LogP) is 1.27. The van der Waals surface area contributed by atoms with E-state index in [2.05, 4.69) is 10.3 Å². The first-order valence-corrected chi connectivity index (χ1v) is 4.68. The lowest BCUT2D eigenvalue weighted by Crippen LogP contribution is -2.18. The van der Waals surface area contributed by atoms with E-state index in [1.54, 1.807) is 19.4 Å². The number of pyridine rings is 1. The Morgan fingerprint density at radius 2 is 2.43 bits per heavy atom. The molecule has 2 N–H and O–H groups in total. The topological polar surface area (TPSA) is 54.4 Å². The van der Waals surface area contributed by atoms with Crippen molar-refractivity contribution >= 4 is 5.69 Å². The Morgan fingerprint density at radius 1 is 1.64 bits per heavy atom. The lowest BCUT2D eigenvalue weighted by molar-refractivity contribution is 0.183. The van der Waals surface area contributed by atoms with Gasteiger partial charge in [0.2, 0.25) is 5.88 Å². The average Bonchev–Trinajstić information content (AvgIpc) is 2.26. The second kappa shape index (κ2) is 5.44. The van der Waals surface area contributed by atoms with Crippen molar-refractivity contribution in [2.75, 3.05) is 19.0 Å². The summed E-state index contributed by atoms with van der Waals surface area (Å²) in [6.45, 7) is 2.49. The van der Waals surface area contributed by atoms with Crippen LogP contribution in [-0.4, -0.2) is 29.8 Å². The molecule has 0 fully saturated rings. The van der Waals surface area contributed by atoms with Crippen molar-refractivity contribution in [3.05, 3.63) is 18.3 Å². The van der Waals surface area contributed by atoms with Gasteiger partial charge in [-0.2, -0.15) is 0 Å². The van der Waals surface area contributed by atoms with Gasteiger partial charge in [0.1, 0.15) is 0 Å². The van der Waals surface area contributed by atoms with Gasteiger partial charge in [0, 0.05) is 24.5 Å². The highest BCUT2D eigenvalue weighted by atomic mass is 16.5. The van der Waals surface area contributed by atoms with Crippen LogP contribution >= 0.6 is 0 Å². The molecule has 0 amide bonds. The molecule has 0 aliphatic carbocycles. The van der Waals surface area contributed by atoms with Crippen LogP contribution in [-0.2, 0) is 0 Å². The van der Waals surface area contributed by atoms with E-state index >= 15 is 0 Å². The van der Waals surface area contributed by atoms with Crippen molar-refractivity contribution in [3.63, 3.8) is 0 Å². The molecule has 0 bridgehead atoms. The first-order valence-electron chi connectivity index (χ1n) is 4.68. The summed E-state index contributed by atoms with van der Waals surface area (Å²) < 4.78 is 4.97. The molecule has 1 unspecified atom stereocenters. The minimum absolute atomic E-state index is 0.311. The number of aromatic nitrogens is 1. The minimum Gasteiger partial charge on any atom is -0.481 e. The number of anilines is 1. The van der Waals surface area contributed by atoms with Crippen LogP contribution in [0.4, 0.5) is 5.69 Å². The molecule has 1 atom stereocenters. The summed E-state index contributed by atoms with van der Waals surface area (Å²) in [5.74, 6) is 0.570. The lowest BCUT2D eigenvalue weighted by Gasteiger charge is -2.10. The summed E-state index contributed by atoms with van der Waals surface area (Å²) >= 11 is 0. The zero-order valence-electron chi connectivity index (χ0n) is 8.53. The van der Waals surface area contributed by atoms with Crippen molar-refractivity contribution in [3.8, 4) is 5.88 Å². The molecular formula is C10H16N2O2. The van der Waals surface area contributed by atoms with E-state index in [0.29, 0.717) is 12.4 Å². The fourth-order valence-electron chi connectivity index (χ4n) is 1.01. The molecule has 0 saturated carbocycles. The Bertz CT molecular complexity index is 279. The van der Waals surface area contributed by atoms with Crippen LogP contribution in [0.3, 0.4) is 0 Å². The predicted molar refractivity (Wildman–Crippen MR) is 55.6 cm³/mol. The average molecular weight is 196 g/mol. The third-order valence-electron chi connectivity index (χ3n) is 1.96. The van der Waals surface area contributed by atoms with Gasteiger partial charge in [-0.1, -0.05) is 6.92 Å². The molecule has 4 heteroatoms. The van der Waals surface area contributed by atoms with Gasteiger partial charge in [0.05, 0.1) is 13.2 Å². The zero-order chi connectivity index (χ0) is 10.4. The first kappa shape index (κ1) is 10.8. The number of aliphatic hydroxyl groups is 1. The molecule has 78 valence electrons. The Kier molecular flexibility index (Phi) is 4.19. The number of aliphatic hydroxyl groups excluding tert-OH is 1. The second-order valence-corrected chi connectivity index (χ2v) is 3.03. The molecule has 0 spiro atoms. The maximum atomic E-state index is 9.34. The normalized spacial score (nSPS) is 12.2. The van der Waals surface area contributed by atoms with Gasteiger partial charge in [-0.05, 0) is 12.5 Å². The second-order valence-electron chi connectivity index (χ2n) is 3.03. The summed E-state index contributed by atoms with van der Waals surface area (Å²) in [5.41, 5.74) is 0.907. The van der Waals surface area contributed by atoms with Gasteiger partial charge in [-0.25, -0.2) is 4.98 Å². The van der Waals surface area contributed by atoms with Crippen LogP contribution in [0.15, 0.2) is 18.3 Å². The van der Waals surface area contributed by atoms with Gasteiger partial charge in [0.25, 0.3) is 0 Å². The van der Waals surface area contributed by atoms with Crippen LogP contribution in [0.25, 0.3) is 0 Å². The molecule has 4 nitrogen and oxygen atoms in total. The number of methoxy groups -OCH3 is 1. The van der Waals surface area contributed by atoms with E-state index < -0.39 is 0 Å². The van der Waals surface area contributed by atoms with Crippen LogP contribution in [0.5, 0.6) is 5.88 Å². The molecule has 0 aliphatic rings. The monoisotopic (exact) mass is 196 g/mol. The lowest BCUT2D eigenvalue weighted by atomic mass is 10.2. The quantitative estimate of drug-likeness (QED) is 0.744. The van der Waals surface area contributed by atoms with Crippen molar-refractivity contribution in [1.82, 2.24) is 4.98 Å². The van der Waals surface area contributed by atoms with Crippen molar-refractivity contribution in [2.24, 2.45) is 0 Å². The number of hydrogen-bond acceptors (Lipinski definition) is 4. The van der Waals surface area contributed by atoms with Gasteiger partial charge >= 0.3 is 0 Å². The SMILES string of the molecule is CCC(O)CNc1ccnc(OC)c1. The van der Waals surface area contributed by atoms with Crippen molar-refractivity contribution in [1.29, 1.82) is 0 Å². The smallest absolute Gasteiger partial charge is 0.214 e. The highest BCUT2D eigenvalue weighted by Crippen LogP contribution is 2.13. The summed E-state index contributed by atoms with van der Waals surface area (Å²) in [7, 11) is 1.58. The van der Waals surface area contributed by atoms with Gasteiger partial charge in [0.15, 0.2) is 0 Å². The Hall–Kier alpha value is -1.29. The molecule has 1 rings (SSSR count). The van der Waals surface area contributed by atoms with E-state index in [1.807, 2.05) is 13.0 Å². The Morgan fingerprint density at radius 3 is 3.07 bits per heavy atom. The Labute approximate surface area is 83.9 Å². The van der Waals surface area contributed by atoms with E-state index in [1.165, 1.54) is 0 Å². The number of nitrogens with one attached hydrogen (secondary N) is 1. The van der Waals surface area contributed by atoms with Crippen LogP contribution in [0.2, 0.25) is 0 Å². The molecule has 0 radical (unpaired) electrons. The standard InChI is InChI=1S/C10H16N2O2/c1-3-9(13)7-12-8-4-5-11-10(6-8)14-2/h4-6,9,13H,3,7H2,1-2H3,(H,11,12). The molecule has 0 saturated heterocycles. The molecule has 1 aromatic rings. The van der Waals surface area contributed by atoms with Crippen molar-refractivity contribution in [2.45, 2.75) is 19.4 Å². The van der Waals surface area contributed by atoms with Crippen molar-refractivity contribution < 1.29 is 9.84 Å². The van der Waals surface area contributed by atoms with E-state index in [0.717, 1.165) is 12.1 Å². The minimum atomic E-state index is -0.311. The van der Waals surface area contributed by atoms with Gasteiger partial charge < -0.3 is 15.2 Å². The van der Waals surface area contributed by atoms with E-state index in [4.69, 9.17) is 4.74 Å². The van der Waals surface area contributed by atoms with E-state index in [9.17, 15) is 5.11 Å². The molecule has 1 heterocycles. The van der Waals surface area contributed by atoms with Gasteiger partial charge in [-0.3, -0.25) is 0 Å². The fraction of sp³-hybridized carbons (Fsp3) is 0.500. The highest BCUT2D eigenvalue weighted by molar-refractivity contribution is 5.44. The summed E-state index contributed by atoms with van der Waals surface area (Å²) in [5, 5.41) is 12.4. The number of nitrogens with zero attached hydrogens (tertiary/aromatic N) is 1. The molecule has 0 aromatic carbocycles. The molecule has 1 aromatic heterocycles. The zero-order valence-corrected chi connectivity index (χ0v) is 8.53. The van der Waals surface area contributed by atoms with Crippen LogP contribution in [0, 0.1) is 0 Å².